The Hall–Kier alpha value is -1.08. The highest BCUT2D eigenvalue weighted by Gasteiger charge is 2.20. The summed E-state index contributed by atoms with van der Waals surface area (Å²) < 4.78 is 0. The summed E-state index contributed by atoms with van der Waals surface area (Å²) in [5, 5.41) is 9.18. The number of aliphatic hydroxyl groups excluding tert-OH is 1. The Balaban J connectivity index is 2.78. The van der Waals surface area contributed by atoms with Crippen LogP contribution >= 0.6 is 0 Å². The van der Waals surface area contributed by atoms with E-state index in [4.69, 9.17) is 0 Å². The molecule has 0 unspecified atom stereocenters. The first-order chi connectivity index (χ1) is 7.95. The van der Waals surface area contributed by atoms with Gasteiger partial charge in [0.2, 0.25) is 0 Å². The zero-order valence-electron chi connectivity index (χ0n) is 11.2. The zero-order chi connectivity index (χ0) is 12.9. The van der Waals surface area contributed by atoms with Gasteiger partial charge in [0.1, 0.15) is 0 Å². The Morgan fingerprint density at radius 3 is 2.29 bits per heavy atom. The lowest BCUT2D eigenvalue weighted by molar-refractivity contribution is 0.272. The molecule has 1 rings (SSSR count). The molecule has 0 radical (unpaired) electrons. The van der Waals surface area contributed by atoms with Gasteiger partial charge in [-0.25, -0.2) is 0 Å². The maximum absolute atomic E-state index is 9.18. The van der Waals surface area contributed by atoms with Crippen molar-refractivity contribution in [2.24, 2.45) is 5.41 Å². The van der Waals surface area contributed by atoms with Crippen LogP contribution in [0, 0.1) is 5.41 Å². The maximum atomic E-state index is 9.18. The summed E-state index contributed by atoms with van der Waals surface area (Å²) in [7, 11) is 0. The van der Waals surface area contributed by atoms with E-state index in [1.165, 1.54) is 11.1 Å². The fourth-order valence-corrected chi connectivity index (χ4v) is 1.87. The molecule has 1 aromatic carbocycles. The molecule has 0 aromatic heterocycles. The maximum Gasteiger partial charge on any atom is 0.0436 e. The van der Waals surface area contributed by atoms with Crippen molar-refractivity contribution in [1.29, 1.82) is 0 Å². The summed E-state index contributed by atoms with van der Waals surface area (Å²) in [6.07, 6.45) is 1.76. The van der Waals surface area contributed by atoms with E-state index in [-0.39, 0.29) is 12.0 Å². The molecular formula is C16H24O. The number of hydrogen-bond acceptors (Lipinski definition) is 1. The number of rotatable bonds is 5. The van der Waals surface area contributed by atoms with Crippen LogP contribution in [0.5, 0.6) is 0 Å². The topological polar surface area (TPSA) is 20.2 Å². The predicted molar refractivity (Wildman–Crippen MR) is 74.1 cm³/mol. The molecule has 0 aliphatic carbocycles. The molecule has 1 atom stereocenters. The minimum Gasteiger partial charge on any atom is -0.396 e. The highest BCUT2D eigenvalue weighted by molar-refractivity contribution is 5.22. The van der Waals surface area contributed by atoms with Crippen molar-refractivity contribution in [3.8, 4) is 0 Å². The van der Waals surface area contributed by atoms with Gasteiger partial charge in [0.15, 0.2) is 0 Å². The molecule has 1 heteroatoms. The van der Waals surface area contributed by atoms with Crippen molar-refractivity contribution < 1.29 is 5.11 Å². The molecule has 17 heavy (non-hydrogen) atoms. The third kappa shape index (κ3) is 4.35. The lowest BCUT2D eigenvalue weighted by Gasteiger charge is -2.26. The zero-order valence-corrected chi connectivity index (χ0v) is 11.2. The molecule has 0 amide bonds. The minimum atomic E-state index is 0.141. The van der Waals surface area contributed by atoms with Gasteiger partial charge in [0.05, 0.1) is 0 Å². The van der Waals surface area contributed by atoms with Gasteiger partial charge in [-0.3, -0.25) is 0 Å². The van der Waals surface area contributed by atoms with Crippen LogP contribution in [0.2, 0.25) is 0 Å². The van der Waals surface area contributed by atoms with E-state index in [1.807, 2.05) is 6.07 Å². The van der Waals surface area contributed by atoms with Gasteiger partial charge in [-0.1, -0.05) is 63.3 Å². The molecule has 1 nitrogen and oxygen atoms in total. The normalized spacial score (nSPS) is 13.4. The van der Waals surface area contributed by atoms with Crippen molar-refractivity contribution in [2.75, 3.05) is 6.61 Å². The lowest BCUT2D eigenvalue weighted by atomic mass is 9.79. The SMILES string of the molecule is C=C(C[C@@H](CCO)c1ccccc1)C(C)(C)C. The summed E-state index contributed by atoms with van der Waals surface area (Å²) in [6, 6.07) is 10.4. The second-order valence-corrected chi connectivity index (χ2v) is 5.68. The van der Waals surface area contributed by atoms with Gasteiger partial charge in [0, 0.05) is 6.61 Å². The molecule has 0 bridgehead atoms. The summed E-state index contributed by atoms with van der Waals surface area (Å²) in [4.78, 5) is 0. The van der Waals surface area contributed by atoms with E-state index in [2.05, 4.69) is 51.6 Å². The lowest BCUT2D eigenvalue weighted by Crippen LogP contribution is -2.12. The van der Waals surface area contributed by atoms with Gasteiger partial charge in [-0.15, -0.1) is 0 Å². The van der Waals surface area contributed by atoms with Crippen molar-refractivity contribution >= 4 is 0 Å². The van der Waals surface area contributed by atoms with Crippen molar-refractivity contribution in [3.63, 3.8) is 0 Å². The van der Waals surface area contributed by atoms with Crippen LogP contribution in [0.1, 0.15) is 45.1 Å². The average molecular weight is 232 g/mol. The van der Waals surface area contributed by atoms with Crippen LogP contribution in [0.25, 0.3) is 0 Å². The molecule has 0 heterocycles. The van der Waals surface area contributed by atoms with Crippen LogP contribution < -0.4 is 0 Å². The Bertz CT molecular complexity index is 346. The second kappa shape index (κ2) is 6.02. The standard InChI is InChI=1S/C16H24O/c1-13(16(2,3)4)12-15(10-11-17)14-8-6-5-7-9-14/h5-9,15,17H,1,10-12H2,2-4H3/t15-/m1/s1. The van der Waals surface area contributed by atoms with E-state index in [0.717, 1.165) is 12.8 Å². The fourth-order valence-electron chi connectivity index (χ4n) is 1.87. The number of aliphatic hydroxyl groups is 1. The van der Waals surface area contributed by atoms with Crippen LogP contribution in [0.15, 0.2) is 42.5 Å². The van der Waals surface area contributed by atoms with Gasteiger partial charge in [-0.2, -0.15) is 0 Å². The van der Waals surface area contributed by atoms with Crippen molar-refractivity contribution in [3.05, 3.63) is 48.0 Å². The molecule has 0 aliphatic rings. The molecule has 1 N–H and O–H groups in total. The predicted octanol–water partition coefficient (Wildman–Crippen LogP) is 4.15. The number of allylic oxidation sites excluding steroid dienone is 1. The summed E-state index contributed by atoms with van der Waals surface area (Å²) in [5.41, 5.74) is 2.69. The Labute approximate surface area is 105 Å². The van der Waals surface area contributed by atoms with Gasteiger partial charge in [-0.05, 0) is 29.7 Å². The van der Waals surface area contributed by atoms with Gasteiger partial charge in [0.25, 0.3) is 0 Å². The van der Waals surface area contributed by atoms with Crippen LogP contribution in [0.4, 0.5) is 0 Å². The summed E-state index contributed by atoms with van der Waals surface area (Å²) in [6.45, 7) is 11.0. The highest BCUT2D eigenvalue weighted by Crippen LogP contribution is 2.34. The van der Waals surface area contributed by atoms with E-state index >= 15 is 0 Å². The van der Waals surface area contributed by atoms with Crippen molar-refractivity contribution in [1.82, 2.24) is 0 Å². The first-order valence-electron chi connectivity index (χ1n) is 6.29. The third-order valence-corrected chi connectivity index (χ3v) is 3.30. The molecule has 0 fully saturated rings. The molecule has 94 valence electrons. The largest absolute Gasteiger partial charge is 0.396 e. The second-order valence-electron chi connectivity index (χ2n) is 5.68. The highest BCUT2D eigenvalue weighted by atomic mass is 16.3. The van der Waals surface area contributed by atoms with Crippen LogP contribution in [-0.4, -0.2) is 11.7 Å². The quantitative estimate of drug-likeness (QED) is 0.756. The third-order valence-electron chi connectivity index (χ3n) is 3.30. The van der Waals surface area contributed by atoms with E-state index in [9.17, 15) is 5.11 Å². The van der Waals surface area contributed by atoms with Gasteiger partial charge >= 0.3 is 0 Å². The number of hydrogen-bond donors (Lipinski definition) is 1. The first-order valence-corrected chi connectivity index (χ1v) is 6.29. The number of benzene rings is 1. The average Bonchev–Trinajstić information content (AvgIpc) is 2.28. The van der Waals surface area contributed by atoms with Gasteiger partial charge < -0.3 is 5.11 Å². The molecule has 1 aromatic rings. The van der Waals surface area contributed by atoms with E-state index in [1.54, 1.807) is 0 Å². The molecule has 0 aliphatic heterocycles. The Morgan fingerprint density at radius 1 is 1.24 bits per heavy atom. The Morgan fingerprint density at radius 2 is 1.82 bits per heavy atom. The van der Waals surface area contributed by atoms with E-state index in [0.29, 0.717) is 5.92 Å². The fraction of sp³-hybridized carbons (Fsp3) is 0.500. The molecule has 0 saturated carbocycles. The van der Waals surface area contributed by atoms with E-state index < -0.39 is 0 Å². The molecular weight excluding hydrogens is 208 g/mol. The smallest absolute Gasteiger partial charge is 0.0436 e. The van der Waals surface area contributed by atoms with Crippen LogP contribution in [-0.2, 0) is 0 Å². The summed E-state index contributed by atoms with van der Waals surface area (Å²) >= 11 is 0. The molecule has 0 saturated heterocycles. The first kappa shape index (κ1) is 14.0. The molecule has 0 spiro atoms. The monoisotopic (exact) mass is 232 g/mol. The summed E-state index contributed by atoms with van der Waals surface area (Å²) in [5.74, 6) is 0.382. The minimum absolute atomic E-state index is 0.141. The van der Waals surface area contributed by atoms with Crippen molar-refractivity contribution in [2.45, 2.75) is 39.5 Å². The Kier molecular flexibility index (Phi) is 4.95. The van der Waals surface area contributed by atoms with Crippen LogP contribution in [0.3, 0.4) is 0 Å².